The van der Waals surface area contributed by atoms with Crippen molar-refractivity contribution in [3.05, 3.63) is 71.9 Å². The van der Waals surface area contributed by atoms with Crippen molar-refractivity contribution < 1.29 is 4.79 Å². The standard InChI is InChI=1S/C20H18N2O/c1-3-13-21(2)20(23)19-14-17-11-7-8-12-18(17)22(19)15-16-9-5-4-6-10-16/h1,4-12,14H,13,15H2,2H3. The van der Waals surface area contributed by atoms with E-state index in [0.717, 1.165) is 16.5 Å². The van der Waals surface area contributed by atoms with Crippen LogP contribution < -0.4 is 0 Å². The van der Waals surface area contributed by atoms with Gasteiger partial charge in [-0.3, -0.25) is 4.79 Å². The first-order valence-electron chi connectivity index (χ1n) is 7.52. The van der Waals surface area contributed by atoms with Gasteiger partial charge in [0.25, 0.3) is 5.91 Å². The van der Waals surface area contributed by atoms with Gasteiger partial charge in [0.15, 0.2) is 0 Å². The molecule has 0 spiro atoms. The fraction of sp³-hybridized carbons (Fsp3) is 0.150. The minimum atomic E-state index is -0.0601. The summed E-state index contributed by atoms with van der Waals surface area (Å²) >= 11 is 0. The highest BCUT2D eigenvalue weighted by Crippen LogP contribution is 2.22. The minimum absolute atomic E-state index is 0.0601. The van der Waals surface area contributed by atoms with E-state index >= 15 is 0 Å². The molecular weight excluding hydrogens is 284 g/mol. The zero-order valence-corrected chi connectivity index (χ0v) is 13.1. The SMILES string of the molecule is C#CCN(C)C(=O)c1cc2ccccc2n1Cc1ccccc1. The Labute approximate surface area is 136 Å². The number of fused-ring (bicyclic) bond motifs is 1. The van der Waals surface area contributed by atoms with Crippen LogP contribution in [0.4, 0.5) is 0 Å². The molecule has 0 radical (unpaired) electrons. The van der Waals surface area contributed by atoms with Crippen molar-refractivity contribution in [2.24, 2.45) is 0 Å². The average molecular weight is 302 g/mol. The van der Waals surface area contributed by atoms with Gasteiger partial charge in [-0.1, -0.05) is 54.5 Å². The number of nitrogens with zero attached hydrogens (tertiary/aromatic N) is 2. The van der Waals surface area contributed by atoms with Crippen LogP contribution >= 0.6 is 0 Å². The predicted octanol–water partition coefficient (Wildman–Crippen LogP) is 3.39. The average Bonchev–Trinajstić information content (AvgIpc) is 2.94. The van der Waals surface area contributed by atoms with Gasteiger partial charge in [0.05, 0.1) is 6.54 Å². The lowest BCUT2D eigenvalue weighted by Crippen LogP contribution is -2.29. The van der Waals surface area contributed by atoms with E-state index in [1.165, 1.54) is 0 Å². The second-order valence-corrected chi connectivity index (χ2v) is 5.53. The Balaban J connectivity index is 2.08. The smallest absolute Gasteiger partial charge is 0.271 e. The number of para-hydroxylation sites is 1. The molecule has 0 aliphatic rings. The van der Waals surface area contributed by atoms with Crippen molar-refractivity contribution in [1.29, 1.82) is 0 Å². The van der Waals surface area contributed by atoms with Crippen molar-refractivity contribution in [3.63, 3.8) is 0 Å². The number of aromatic nitrogens is 1. The Kier molecular flexibility index (Phi) is 4.16. The van der Waals surface area contributed by atoms with Crippen LogP contribution in [0.1, 0.15) is 16.1 Å². The maximum atomic E-state index is 12.7. The number of hydrogen-bond donors (Lipinski definition) is 0. The maximum Gasteiger partial charge on any atom is 0.271 e. The molecule has 1 heterocycles. The Morgan fingerprint density at radius 3 is 2.57 bits per heavy atom. The summed E-state index contributed by atoms with van der Waals surface area (Å²) in [6.45, 7) is 0.949. The summed E-state index contributed by atoms with van der Waals surface area (Å²) < 4.78 is 2.06. The summed E-state index contributed by atoms with van der Waals surface area (Å²) in [5.41, 5.74) is 2.86. The summed E-state index contributed by atoms with van der Waals surface area (Å²) in [5.74, 6) is 2.46. The van der Waals surface area contributed by atoms with Gasteiger partial charge < -0.3 is 9.47 Å². The van der Waals surface area contributed by atoms with E-state index in [-0.39, 0.29) is 5.91 Å². The molecule has 2 aromatic carbocycles. The molecular formula is C20H18N2O. The topological polar surface area (TPSA) is 25.2 Å². The number of carbonyl (C=O) groups is 1. The monoisotopic (exact) mass is 302 g/mol. The molecule has 0 atom stereocenters. The van der Waals surface area contributed by atoms with E-state index in [1.807, 2.05) is 48.5 Å². The number of terminal acetylenes is 1. The van der Waals surface area contributed by atoms with Gasteiger partial charge >= 0.3 is 0 Å². The molecule has 23 heavy (non-hydrogen) atoms. The van der Waals surface area contributed by atoms with E-state index in [9.17, 15) is 4.79 Å². The van der Waals surface area contributed by atoms with E-state index in [2.05, 4.69) is 22.6 Å². The fourth-order valence-electron chi connectivity index (χ4n) is 2.73. The normalized spacial score (nSPS) is 10.4. The van der Waals surface area contributed by atoms with Crippen molar-refractivity contribution in [2.75, 3.05) is 13.6 Å². The second-order valence-electron chi connectivity index (χ2n) is 5.53. The zero-order valence-electron chi connectivity index (χ0n) is 13.1. The van der Waals surface area contributed by atoms with Crippen molar-refractivity contribution in [3.8, 4) is 12.3 Å². The highest BCUT2D eigenvalue weighted by molar-refractivity contribution is 5.98. The number of carbonyl (C=O) groups excluding carboxylic acids is 1. The second kappa shape index (κ2) is 6.41. The molecule has 0 bridgehead atoms. The van der Waals surface area contributed by atoms with E-state index in [1.54, 1.807) is 11.9 Å². The van der Waals surface area contributed by atoms with Gasteiger partial charge in [0.1, 0.15) is 5.69 Å². The first-order chi connectivity index (χ1) is 11.2. The van der Waals surface area contributed by atoms with E-state index in [0.29, 0.717) is 18.8 Å². The van der Waals surface area contributed by atoms with Crippen molar-refractivity contribution in [1.82, 2.24) is 9.47 Å². The Hall–Kier alpha value is -2.99. The van der Waals surface area contributed by atoms with Crippen LogP contribution in [-0.4, -0.2) is 29.0 Å². The molecule has 3 heteroatoms. The highest BCUT2D eigenvalue weighted by Gasteiger charge is 2.18. The summed E-state index contributed by atoms with van der Waals surface area (Å²) in [6.07, 6.45) is 5.33. The Morgan fingerprint density at radius 2 is 1.83 bits per heavy atom. The Morgan fingerprint density at radius 1 is 1.13 bits per heavy atom. The molecule has 0 aliphatic carbocycles. The van der Waals surface area contributed by atoms with Crippen LogP contribution in [0.25, 0.3) is 10.9 Å². The number of benzene rings is 2. The van der Waals surface area contributed by atoms with Gasteiger partial charge in [-0.15, -0.1) is 6.42 Å². The lowest BCUT2D eigenvalue weighted by Gasteiger charge is -2.16. The third-order valence-corrected chi connectivity index (χ3v) is 3.89. The van der Waals surface area contributed by atoms with Crippen LogP contribution in [0.5, 0.6) is 0 Å². The Bertz CT molecular complexity index is 872. The van der Waals surface area contributed by atoms with Gasteiger partial charge in [-0.2, -0.15) is 0 Å². The third kappa shape index (κ3) is 2.97. The number of hydrogen-bond acceptors (Lipinski definition) is 1. The molecule has 3 rings (SSSR count). The quantitative estimate of drug-likeness (QED) is 0.678. The van der Waals surface area contributed by atoms with Crippen molar-refractivity contribution in [2.45, 2.75) is 6.54 Å². The van der Waals surface area contributed by atoms with Gasteiger partial charge in [0, 0.05) is 24.5 Å². The molecule has 1 aromatic heterocycles. The summed E-state index contributed by atoms with van der Waals surface area (Å²) in [6, 6.07) is 20.1. The minimum Gasteiger partial charge on any atom is -0.332 e. The van der Waals surface area contributed by atoms with Crippen LogP contribution in [0.15, 0.2) is 60.7 Å². The third-order valence-electron chi connectivity index (χ3n) is 3.89. The lowest BCUT2D eigenvalue weighted by atomic mass is 10.2. The molecule has 0 fully saturated rings. The molecule has 3 aromatic rings. The molecule has 114 valence electrons. The zero-order chi connectivity index (χ0) is 16.2. The van der Waals surface area contributed by atoms with Crippen LogP contribution in [0.3, 0.4) is 0 Å². The van der Waals surface area contributed by atoms with Crippen LogP contribution in [0.2, 0.25) is 0 Å². The van der Waals surface area contributed by atoms with E-state index < -0.39 is 0 Å². The fourth-order valence-corrected chi connectivity index (χ4v) is 2.73. The highest BCUT2D eigenvalue weighted by atomic mass is 16.2. The van der Waals surface area contributed by atoms with Gasteiger partial charge in [0.2, 0.25) is 0 Å². The number of amides is 1. The largest absolute Gasteiger partial charge is 0.332 e. The molecule has 0 N–H and O–H groups in total. The van der Waals surface area contributed by atoms with Gasteiger partial charge in [-0.25, -0.2) is 0 Å². The van der Waals surface area contributed by atoms with Gasteiger partial charge in [-0.05, 0) is 17.7 Å². The summed E-state index contributed by atoms with van der Waals surface area (Å²) in [5, 5.41) is 1.06. The molecule has 3 nitrogen and oxygen atoms in total. The first-order valence-corrected chi connectivity index (χ1v) is 7.52. The summed E-state index contributed by atoms with van der Waals surface area (Å²) in [7, 11) is 1.73. The molecule has 1 amide bonds. The van der Waals surface area contributed by atoms with E-state index in [4.69, 9.17) is 6.42 Å². The van der Waals surface area contributed by atoms with Crippen LogP contribution in [-0.2, 0) is 6.54 Å². The lowest BCUT2D eigenvalue weighted by molar-refractivity contribution is 0.0803. The van der Waals surface area contributed by atoms with Crippen LogP contribution in [0, 0.1) is 12.3 Å². The first kappa shape index (κ1) is 14.9. The number of rotatable bonds is 4. The maximum absolute atomic E-state index is 12.7. The van der Waals surface area contributed by atoms with Crippen molar-refractivity contribution >= 4 is 16.8 Å². The molecule has 0 saturated heterocycles. The molecule has 0 aliphatic heterocycles. The molecule has 0 unspecified atom stereocenters. The summed E-state index contributed by atoms with van der Waals surface area (Å²) in [4.78, 5) is 14.3. The molecule has 0 saturated carbocycles. The predicted molar refractivity (Wildman–Crippen MR) is 93.3 cm³/mol.